The average molecular weight is 393 g/mol. The van der Waals surface area contributed by atoms with E-state index in [2.05, 4.69) is 35.2 Å². The molecule has 0 saturated heterocycles. The highest BCUT2D eigenvalue weighted by Gasteiger charge is 2.29. The van der Waals surface area contributed by atoms with Crippen LogP contribution in [0.4, 0.5) is 4.39 Å². The van der Waals surface area contributed by atoms with Crippen molar-refractivity contribution < 1.29 is 4.39 Å². The molecular weight excluding hydrogens is 363 g/mol. The molecule has 2 N–H and O–H groups in total. The number of nitrogens with zero attached hydrogens (tertiary/aromatic N) is 3. The largest absolute Gasteiger partial charge is 0.325 e. The number of aliphatic imine (C=N–C) groups is 1. The van der Waals surface area contributed by atoms with Crippen molar-refractivity contribution in [2.24, 2.45) is 10.7 Å². The zero-order valence-electron chi connectivity index (χ0n) is 17.1. The average Bonchev–Trinajstić information content (AvgIpc) is 2.77. The number of hydrogen-bond donors (Lipinski definition) is 1. The smallest absolute Gasteiger partial charge is 0.114 e. The zero-order valence-corrected chi connectivity index (χ0v) is 17.1. The number of nitrogens with two attached hydrogens (primary N) is 1. The van der Waals surface area contributed by atoms with Gasteiger partial charge in [-0.05, 0) is 54.5 Å². The second-order valence-corrected chi connectivity index (χ2v) is 8.08. The fraction of sp³-hybridized carbons (Fsp3) is 0.417. The van der Waals surface area contributed by atoms with E-state index in [4.69, 9.17) is 15.7 Å². The van der Waals surface area contributed by atoms with Gasteiger partial charge in [-0.2, -0.15) is 0 Å². The van der Waals surface area contributed by atoms with Gasteiger partial charge >= 0.3 is 0 Å². The Balaban J connectivity index is 1.61. The van der Waals surface area contributed by atoms with Crippen molar-refractivity contribution in [2.75, 3.05) is 19.6 Å². The van der Waals surface area contributed by atoms with E-state index < -0.39 is 0 Å². The van der Waals surface area contributed by atoms with E-state index >= 15 is 0 Å². The Morgan fingerprint density at radius 2 is 1.97 bits per heavy atom. The predicted octanol–water partition coefficient (Wildman–Crippen LogP) is 4.16. The second-order valence-electron chi connectivity index (χ2n) is 8.08. The standard InChI is InChI=1S/C24H29FN4/c1-17(22(25)13-26)15-29(23-10-4-8-18-9-5-11-27-24(18)23)16-21-12-19-6-2-3-7-20(19)14-28-21/h2-3,5-7,9,11,23H,4,8,10,12-16,26H2,1H3/b22-17-/t23-/m0/s1. The predicted molar refractivity (Wildman–Crippen MR) is 116 cm³/mol. The van der Waals surface area contributed by atoms with Gasteiger partial charge in [-0.1, -0.05) is 30.3 Å². The summed E-state index contributed by atoms with van der Waals surface area (Å²) in [4.78, 5) is 11.9. The third-order valence-corrected chi connectivity index (χ3v) is 6.06. The van der Waals surface area contributed by atoms with Crippen LogP contribution in [0, 0.1) is 0 Å². The molecule has 0 spiro atoms. The first-order chi connectivity index (χ1) is 14.2. The van der Waals surface area contributed by atoms with E-state index in [1.165, 1.54) is 16.7 Å². The van der Waals surface area contributed by atoms with Gasteiger partial charge in [0.1, 0.15) is 5.83 Å². The van der Waals surface area contributed by atoms with Crippen LogP contribution in [0.2, 0.25) is 0 Å². The monoisotopic (exact) mass is 392 g/mol. The van der Waals surface area contributed by atoms with Crippen LogP contribution >= 0.6 is 0 Å². The topological polar surface area (TPSA) is 54.5 Å². The lowest BCUT2D eigenvalue weighted by Crippen LogP contribution is -2.38. The molecule has 1 aromatic carbocycles. The summed E-state index contributed by atoms with van der Waals surface area (Å²) < 4.78 is 14.2. The van der Waals surface area contributed by atoms with Gasteiger partial charge in [0.05, 0.1) is 18.3 Å². The van der Waals surface area contributed by atoms with Crippen molar-refractivity contribution in [1.29, 1.82) is 0 Å². The molecular formula is C24H29FN4. The summed E-state index contributed by atoms with van der Waals surface area (Å²) in [7, 11) is 0. The first kappa shape index (κ1) is 19.9. The molecule has 2 heterocycles. The highest BCUT2D eigenvalue weighted by Crippen LogP contribution is 2.33. The van der Waals surface area contributed by atoms with Crippen molar-refractivity contribution in [3.8, 4) is 0 Å². The molecule has 0 amide bonds. The van der Waals surface area contributed by atoms with Crippen LogP contribution in [0.1, 0.15) is 48.2 Å². The summed E-state index contributed by atoms with van der Waals surface area (Å²) in [5.41, 5.74) is 12.5. The molecule has 29 heavy (non-hydrogen) atoms. The van der Waals surface area contributed by atoms with Gasteiger partial charge in [0, 0.05) is 38.0 Å². The molecule has 1 atom stereocenters. The van der Waals surface area contributed by atoms with E-state index in [9.17, 15) is 4.39 Å². The minimum atomic E-state index is -0.219. The number of benzene rings is 1. The first-order valence-corrected chi connectivity index (χ1v) is 10.5. The summed E-state index contributed by atoms with van der Waals surface area (Å²) in [6, 6.07) is 12.9. The normalized spacial score (nSPS) is 19.3. The van der Waals surface area contributed by atoms with Crippen molar-refractivity contribution in [2.45, 2.75) is 45.2 Å². The number of rotatable bonds is 6. The van der Waals surface area contributed by atoms with Crippen LogP contribution in [0.15, 0.2) is 59.0 Å². The van der Waals surface area contributed by atoms with Crippen LogP contribution in [0.25, 0.3) is 0 Å². The highest BCUT2D eigenvalue weighted by molar-refractivity contribution is 5.89. The molecule has 2 aliphatic rings. The maximum atomic E-state index is 14.2. The molecule has 2 aromatic rings. The molecule has 0 unspecified atom stereocenters. The van der Waals surface area contributed by atoms with Crippen molar-refractivity contribution in [3.05, 3.63) is 76.4 Å². The molecule has 4 nitrogen and oxygen atoms in total. The molecule has 1 aromatic heterocycles. The van der Waals surface area contributed by atoms with Crippen molar-refractivity contribution in [1.82, 2.24) is 9.88 Å². The van der Waals surface area contributed by atoms with Gasteiger partial charge in [-0.3, -0.25) is 14.9 Å². The molecule has 0 bridgehead atoms. The maximum absolute atomic E-state index is 14.2. The summed E-state index contributed by atoms with van der Waals surface area (Å²) in [6.07, 6.45) is 5.94. The summed E-state index contributed by atoms with van der Waals surface area (Å²) in [5.74, 6) is -0.219. The second kappa shape index (κ2) is 8.97. The van der Waals surface area contributed by atoms with Gasteiger partial charge in [0.15, 0.2) is 0 Å². The Labute approximate surface area is 172 Å². The molecule has 152 valence electrons. The SMILES string of the molecule is C/C(CN(CC1=NCc2ccccc2C1)[C@H]1CCCc2cccnc21)=C(/F)CN. The zero-order chi connectivity index (χ0) is 20.2. The minimum Gasteiger partial charge on any atom is -0.325 e. The van der Waals surface area contributed by atoms with Crippen molar-refractivity contribution >= 4 is 5.71 Å². The molecule has 0 radical (unpaired) electrons. The van der Waals surface area contributed by atoms with E-state index in [1.807, 2.05) is 19.2 Å². The lowest BCUT2D eigenvalue weighted by molar-refractivity contribution is 0.213. The van der Waals surface area contributed by atoms with Crippen LogP contribution in [0.5, 0.6) is 0 Å². The third-order valence-electron chi connectivity index (χ3n) is 6.06. The Kier molecular flexibility index (Phi) is 6.16. The summed E-state index contributed by atoms with van der Waals surface area (Å²) in [5, 5.41) is 0. The quantitative estimate of drug-likeness (QED) is 0.803. The molecule has 1 aliphatic heterocycles. The van der Waals surface area contributed by atoms with Crippen LogP contribution < -0.4 is 5.73 Å². The van der Waals surface area contributed by atoms with E-state index in [0.29, 0.717) is 12.1 Å². The maximum Gasteiger partial charge on any atom is 0.114 e. The molecule has 5 heteroatoms. The number of hydrogen-bond acceptors (Lipinski definition) is 4. The number of pyridine rings is 1. The van der Waals surface area contributed by atoms with Crippen molar-refractivity contribution in [3.63, 3.8) is 0 Å². The van der Waals surface area contributed by atoms with Gasteiger partial charge in [0.25, 0.3) is 0 Å². The lowest BCUT2D eigenvalue weighted by atomic mass is 9.90. The molecule has 0 fully saturated rings. The molecule has 0 saturated carbocycles. The number of halogens is 1. The van der Waals surface area contributed by atoms with E-state index in [1.54, 1.807) is 0 Å². The van der Waals surface area contributed by atoms with Gasteiger partial charge in [-0.25, -0.2) is 4.39 Å². The molecule has 1 aliphatic carbocycles. The fourth-order valence-corrected chi connectivity index (χ4v) is 4.48. The van der Waals surface area contributed by atoms with Crippen LogP contribution in [0.3, 0.4) is 0 Å². The lowest BCUT2D eigenvalue weighted by Gasteiger charge is -2.36. The Morgan fingerprint density at radius 1 is 1.17 bits per heavy atom. The van der Waals surface area contributed by atoms with Gasteiger partial charge in [-0.15, -0.1) is 0 Å². The first-order valence-electron chi connectivity index (χ1n) is 10.5. The Morgan fingerprint density at radius 3 is 2.79 bits per heavy atom. The highest BCUT2D eigenvalue weighted by atomic mass is 19.1. The Bertz CT molecular complexity index is 934. The summed E-state index contributed by atoms with van der Waals surface area (Å²) >= 11 is 0. The van der Waals surface area contributed by atoms with Gasteiger partial charge < -0.3 is 5.73 Å². The van der Waals surface area contributed by atoms with Gasteiger partial charge in [0.2, 0.25) is 0 Å². The summed E-state index contributed by atoms with van der Waals surface area (Å²) in [6.45, 7) is 3.79. The van der Waals surface area contributed by atoms with E-state index in [-0.39, 0.29) is 18.4 Å². The number of aromatic nitrogens is 1. The van der Waals surface area contributed by atoms with Crippen LogP contribution in [-0.4, -0.2) is 35.2 Å². The third kappa shape index (κ3) is 4.46. The minimum absolute atomic E-state index is 0.0481. The number of aryl methyl sites for hydroxylation is 1. The number of fused-ring (bicyclic) bond motifs is 2. The van der Waals surface area contributed by atoms with E-state index in [0.717, 1.165) is 50.2 Å². The Hall–Kier alpha value is -2.37. The van der Waals surface area contributed by atoms with Crippen LogP contribution in [-0.2, 0) is 19.4 Å². The molecule has 4 rings (SSSR count). The fourth-order valence-electron chi connectivity index (χ4n) is 4.48.